The number of fused-ring (bicyclic) bond motifs is 1. The molecule has 1 unspecified atom stereocenters. The maximum atomic E-state index is 13.0. The van der Waals surface area contributed by atoms with Crippen LogP contribution in [0.25, 0.3) is 0 Å². The summed E-state index contributed by atoms with van der Waals surface area (Å²) in [7, 11) is 2.01. The highest BCUT2D eigenvalue weighted by molar-refractivity contribution is 6.18. The van der Waals surface area contributed by atoms with Gasteiger partial charge in [-0.25, -0.2) is 4.39 Å². The second-order valence-corrected chi connectivity index (χ2v) is 4.53. The van der Waals surface area contributed by atoms with Crippen LogP contribution in [0, 0.1) is 5.82 Å². The number of rotatable bonds is 4. The van der Waals surface area contributed by atoms with E-state index in [0.29, 0.717) is 5.88 Å². The van der Waals surface area contributed by atoms with E-state index in [9.17, 15) is 4.39 Å². The molecule has 2 nitrogen and oxygen atoms in total. The van der Waals surface area contributed by atoms with Crippen molar-refractivity contribution in [3.8, 4) is 5.75 Å². The van der Waals surface area contributed by atoms with Crippen molar-refractivity contribution in [1.29, 1.82) is 0 Å². The van der Waals surface area contributed by atoms with Crippen molar-refractivity contribution in [3.05, 3.63) is 29.6 Å². The molecule has 1 aromatic rings. The number of halogens is 2. The van der Waals surface area contributed by atoms with Crippen LogP contribution in [0.1, 0.15) is 5.56 Å². The van der Waals surface area contributed by atoms with Crippen LogP contribution in [0.3, 0.4) is 0 Å². The van der Waals surface area contributed by atoms with Gasteiger partial charge >= 0.3 is 0 Å². The molecule has 0 fully saturated rings. The Bertz CT molecular complexity index is 372. The molecule has 0 bridgehead atoms. The summed E-state index contributed by atoms with van der Waals surface area (Å²) < 4.78 is 18.7. The number of hydrogen-bond acceptors (Lipinski definition) is 2. The Morgan fingerprint density at radius 2 is 2.38 bits per heavy atom. The van der Waals surface area contributed by atoms with E-state index < -0.39 is 0 Å². The Kier molecular flexibility index (Phi) is 3.66. The minimum atomic E-state index is -0.197. The van der Waals surface area contributed by atoms with E-state index >= 15 is 0 Å². The van der Waals surface area contributed by atoms with E-state index in [4.69, 9.17) is 16.3 Å². The molecule has 4 heteroatoms. The summed E-state index contributed by atoms with van der Waals surface area (Å²) in [5, 5.41) is 0. The quantitative estimate of drug-likeness (QED) is 0.753. The van der Waals surface area contributed by atoms with Crippen LogP contribution in [0.4, 0.5) is 4.39 Å². The Labute approximate surface area is 100.0 Å². The van der Waals surface area contributed by atoms with E-state index in [1.807, 2.05) is 7.05 Å². The van der Waals surface area contributed by atoms with E-state index in [1.165, 1.54) is 6.07 Å². The number of benzene rings is 1. The van der Waals surface area contributed by atoms with Crippen molar-refractivity contribution in [3.63, 3.8) is 0 Å². The van der Waals surface area contributed by atoms with Crippen molar-refractivity contribution < 1.29 is 9.13 Å². The average Bonchev–Trinajstić information content (AvgIpc) is 2.59. The number of likely N-dealkylation sites (N-methyl/N-ethyl adjacent to an activating group) is 1. The predicted octanol–water partition coefficient (Wildman–Crippen LogP) is 2.30. The van der Waals surface area contributed by atoms with Crippen LogP contribution in [-0.2, 0) is 6.42 Å². The van der Waals surface area contributed by atoms with Crippen LogP contribution < -0.4 is 4.74 Å². The maximum absolute atomic E-state index is 13.0. The first-order valence-electron chi connectivity index (χ1n) is 5.38. The molecule has 0 aromatic heterocycles. The third-order valence-electron chi connectivity index (χ3n) is 2.75. The van der Waals surface area contributed by atoms with Gasteiger partial charge < -0.3 is 9.64 Å². The zero-order valence-corrected chi connectivity index (χ0v) is 10.0. The van der Waals surface area contributed by atoms with Gasteiger partial charge in [0, 0.05) is 31.0 Å². The fraction of sp³-hybridized carbons (Fsp3) is 0.500. The normalized spacial score (nSPS) is 18.6. The van der Waals surface area contributed by atoms with Gasteiger partial charge in [-0.15, -0.1) is 11.6 Å². The summed E-state index contributed by atoms with van der Waals surface area (Å²) >= 11 is 5.66. The first-order chi connectivity index (χ1) is 7.69. The molecule has 0 aliphatic carbocycles. The van der Waals surface area contributed by atoms with Crippen molar-refractivity contribution >= 4 is 11.6 Å². The lowest BCUT2D eigenvalue weighted by Gasteiger charge is -2.19. The minimum Gasteiger partial charge on any atom is -0.488 e. The Hall–Kier alpha value is -0.800. The fourth-order valence-corrected chi connectivity index (χ4v) is 2.26. The fourth-order valence-electron chi connectivity index (χ4n) is 1.97. The number of alkyl halides is 1. The molecule has 1 aliphatic rings. The van der Waals surface area contributed by atoms with E-state index in [0.717, 1.165) is 30.8 Å². The summed E-state index contributed by atoms with van der Waals surface area (Å²) in [6.07, 6.45) is 0.893. The van der Waals surface area contributed by atoms with Gasteiger partial charge in [0.25, 0.3) is 0 Å². The van der Waals surface area contributed by atoms with E-state index in [1.54, 1.807) is 12.1 Å². The molecule has 0 N–H and O–H groups in total. The number of nitrogens with zero attached hydrogens (tertiary/aromatic N) is 1. The van der Waals surface area contributed by atoms with Crippen molar-refractivity contribution in [2.45, 2.75) is 12.5 Å². The molecule has 2 rings (SSSR count). The van der Waals surface area contributed by atoms with Crippen LogP contribution in [0.5, 0.6) is 5.75 Å². The SMILES string of the molecule is CN(CCCl)CC1Cc2cc(F)ccc2O1. The van der Waals surface area contributed by atoms with Crippen LogP contribution >= 0.6 is 11.6 Å². The highest BCUT2D eigenvalue weighted by atomic mass is 35.5. The lowest BCUT2D eigenvalue weighted by atomic mass is 10.1. The summed E-state index contributed by atoms with van der Waals surface area (Å²) in [5.41, 5.74) is 0.962. The van der Waals surface area contributed by atoms with E-state index in [2.05, 4.69) is 4.90 Å². The molecule has 0 amide bonds. The van der Waals surface area contributed by atoms with Crippen LogP contribution in [0.15, 0.2) is 18.2 Å². The van der Waals surface area contributed by atoms with Crippen molar-refractivity contribution in [1.82, 2.24) is 4.90 Å². The number of ether oxygens (including phenoxy) is 1. The van der Waals surface area contributed by atoms with Gasteiger partial charge in [-0.1, -0.05) is 0 Å². The van der Waals surface area contributed by atoms with Crippen LogP contribution in [0.2, 0.25) is 0 Å². The molecule has 0 saturated heterocycles. The minimum absolute atomic E-state index is 0.116. The van der Waals surface area contributed by atoms with Gasteiger partial charge in [-0.3, -0.25) is 0 Å². The summed E-state index contributed by atoms with van der Waals surface area (Å²) in [5.74, 6) is 1.23. The molecule has 1 heterocycles. The lowest BCUT2D eigenvalue weighted by molar-refractivity contribution is 0.173. The van der Waals surface area contributed by atoms with Crippen molar-refractivity contribution in [2.24, 2.45) is 0 Å². The second-order valence-electron chi connectivity index (χ2n) is 4.15. The second kappa shape index (κ2) is 5.02. The highest BCUT2D eigenvalue weighted by Gasteiger charge is 2.24. The number of hydrogen-bond donors (Lipinski definition) is 0. The molecule has 16 heavy (non-hydrogen) atoms. The summed E-state index contributed by atoms with van der Waals surface area (Å²) in [4.78, 5) is 2.12. The van der Waals surface area contributed by atoms with Gasteiger partial charge in [0.05, 0.1) is 0 Å². The monoisotopic (exact) mass is 243 g/mol. The molecular formula is C12H15ClFNO. The zero-order valence-electron chi connectivity index (χ0n) is 9.25. The topological polar surface area (TPSA) is 12.5 Å². The lowest BCUT2D eigenvalue weighted by Crippen LogP contribution is -2.33. The first-order valence-corrected chi connectivity index (χ1v) is 5.92. The van der Waals surface area contributed by atoms with Crippen molar-refractivity contribution in [2.75, 3.05) is 26.0 Å². The molecular weight excluding hydrogens is 229 g/mol. The highest BCUT2D eigenvalue weighted by Crippen LogP contribution is 2.29. The first kappa shape index (κ1) is 11.7. The van der Waals surface area contributed by atoms with Gasteiger partial charge in [0.1, 0.15) is 17.7 Å². The smallest absolute Gasteiger partial charge is 0.123 e. The van der Waals surface area contributed by atoms with Gasteiger partial charge in [0.15, 0.2) is 0 Å². The third kappa shape index (κ3) is 2.66. The summed E-state index contributed by atoms with van der Waals surface area (Å²) in [6.45, 7) is 1.66. The molecule has 1 aliphatic heterocycles. The average molecular weight is 244 g/mol. The third-order valence-corrected chi connectivity index (χ3v) is 2.91. The Morgan fingerprint density at radius 1 is 1.56 bits per heavy atom. The molecule has 0 spiro atoms. The standard InChI is InChI=1S/C12H15ClFNO/c1-15(5-4-13)8-11-7-9-6-10(14)2-3-12(9)16-11/h2-3,6,11H,4-5,7-8H2,1H3. The Morgan fingerprint density at radius 3 is 3.12 bits per heavy atom. The van der Waals surface area contributed by atoms with Crippen LogP contribution in [-0.4, -0.2) is 37.0 Å². The van der Waals surface area contributed by atoms with Gasteiger partial charge in [-0.2, -0.15) is 0 Å². The molecule has 88 valence electrons. The predicted molar refractivity (Wildman–Crippen MR) is 62.7 cm³/mol. The summed E-state index contributed by atoms with van der Waals surface area (Å²) in [6, 6.07) is 4.69. The molecule has 1 aromatic carbocycles. The van der Waals surface area contributed by atoms with E-state index in [-0.39, 0.29) is 11.9 Å². The largest absolute Gasteiger partial charge is 0.488 e. The molecule has 1 atom stereocenters. The Balaban J connectivity index is 1.95. The molecule has 0 saturated carbocycles. The van der Waals surface area contributed by atoms with Gasteiger partial charge in [0.2, 0.25) is 0 Å². The molecule has 0 radical (unpaired) electrons. The maximum Gasteiger partial charge on any atom is 0.123 e. The van der Waals surface area contributed by atoms with Gasteiger partial charge in [-0.05, 0) is 25.2 Å². The zero-order chi connectivity index (χ0) is 11.5.